The molecule has 1 aliphatic carbocycles. The monoisotopic (exact) mass is 912 g/mol. The first-order valence-corrected chi connectivity index (χ1v) is 25.5. The third-order valence-electron chi connectivity index (χ3n) is 10.4. The number of rotatable bonds is 38. The topological polar surface area (TPSA) is 253 Å². The number of carbonyl (C=O) groups excluding carboxylic acids is 3. The Bertz CT molecular complexity index is 1350. The molecule has 0 heterocycles. The highest BCUT2D eigenvalue weighted by molar-refractivity contribution is 7.47. The normalized spacial score (nSPS) is 19.8. The molecule has 1 saturated carbocycles. The standard InChI is InChI=1S/C43H78O16P2/c1-4-5-17-23-35(44)27-28-39-38(40(46)29-41(39)47)24-19-15-16-20-25-42(48)55-32-37(33-58-61(53,54)57-31-36(45)30-56-60(50,51)52)59-43(49)26-21-14-12-10-8-6-7-9-11-13-18-22-34(2)3/h15,19,27-28,34-39,41,44-45,47H,4-14,16-18,20-26,29-33H2,1-3H3,(H,53,54)(H2,50,51,52)/b19-15-,28-27+/t35-,36-,37+,38+,39+,41+/m0/s1. The van der Waals surface area contributed by atoms with E-state index in [1.54, 1.807) is 12.2 Å². The van der Waals surface area contributed by atoms with E-state index in [0.29, 0.717) is 32.1 Å². The molecular formula is C43H78O16P2. The average Bonchev–Trinajstić information content (AvgIpc) is 3.46. The number of phosphoric ester groups is 2. The highest BCUT2D eigenvalue weighted by Gasteiger charge is 2.39. The van der Waals surface area contributed by atoms with Crippen molar-refractivity contribution < 1.29 is 76.6 Å². The summed E-state index contributed by atoms with van der Waals surface area (Å²) in [4.78, 5) is 65.4. The van der Waals surface area contributed by atoms with E-state index in [0.717, 1.165) is 50.9 Å². The van der Waals surface area contributed by atoms with E-state index in [9.17, 15) is 43.7 Å². The van der Waals surface area contributed by atoms with Crippen molar-refractivity contribution in [3.63, 3.8) is 0 Å². The summed E-state index contributed by atoms with van der Waals surface area (Å²) in [5, 5.41) is 30.4. The maximum absolute atomic E-state index is 12.7. The number of ketones is 1. The number of phosphoric acid groups is 2. The molecule has 1 aliphatic rings. The fourth-order valence-electron chi connectivity index (χ4n) is 6.87. The van der Waals surface area contributed by atoms with Crippen molar-refractivity contribution in [3.8, 4) is 0 Å². The van der Waals surface area contributed by atoms with Gasteiger partial charge >= 0.3 is 27.6 Å². The molecule has 7 atom stereocenters. The lowest BCUT2D eigenvalue weighted by Crippen LogP contribution is -2.30. The smallest absolute Gasteiger partial charge is 0.462 e. The third-order valence-corrected chi connectivity index (χ3v) is 11.8. The molecule has 0 saturated heterocycles. The second-order valence-corrected chi connectivity index (χ2v) is 19.3. The summed E-state index contributed by atoms with van der Waals surface area (Å²) in [6.45, 7) is 3.65. The molecule has 1 rings (SSSR count). The largest absolute Gasteiger partial charge is 0.472 e. The van der Waals surface area contributed by atoms with Gasteiger partial charge < -0.3 is 39.5 Å². The zero-order valence-electron chi connectivity index (χ0n) is 36.9. The van der Waals surface area contributed by atoms with Gasteiger partial charge in [0, 0.05) is 31.1 Å². The molecule has 356 valence electrons. The molecule has 0 radical (unpaired) electrons. The number of Topliss-reactive ketones (excluding diaryl/α,β-unsaturated/α-hetero) is 1. The Balaban J connectivity index is 2.56. The van der Waals surface area contributed by atoms with E-state index in [4.69, 9.17) is 23.8 Å². The van der Waals surface area contributed by atoms with Gasteiger partial charge in [0.15, 0.2) is 6.10 Å². The lowest BCUT2D eigenvalue weighted by Gasteiger charge is -2.20. The van der Waals surface area contributed by atoms with Gasteiger partial charge in [0.2, 0.25) is 0 Å². The summed E-state index contributed by atoms with van der Waals surface area (Å²) < 4.78 is 47.7. The van der Waals surface area contributed by atoms with E-state index >= 15 is 0 Å². The summed E-state index contributed by atoms with van der Waals surface area (Å²) >= 11 is 0. The van der Waals surface area contributed by atoms with Gasteiger partial charge in [0.05, 0.1) is 32.0 Å². The number of esters is 2. The van der Waals surface area contributed by atoms with Gasteiger partial charge in [-0.05, 0) is 38.0 Å². The minimum atomic E-state index is -4.89. The molecule has 61 heavy (non-hydrogen) atoms. The summed E-state index contributed by atoms with van der Waals surface area (Å²) in [5.41, 5.74) is 0. The van der Waals surface area contributed by atoms with E-state index in [2.05, 4.69) is 29.8 Å². The highest BCUT2D eigenvalue weighted by Crippen LogP contribution is 2.44. The molecule has 0 aliphatic heterocycles. The Morgan fingerprint density at radius 1 is 0.738 bits per heavy atom. The van der Waals surface area contributed by atoms with Crippen LogP contribution >= 0.6 is 15.6 Å². The molecule has 0 aromatic carbocycles. The summed E-state index contributed by atoms with van der Waals surface area (Å²) in [5.74, 6) is -1.29. The van der Waals surface area contributed by atoms with Gasteiger partial charge in [-0.1, -0.05) is 135 Å². The van der Waals surface area contributed by atoms with E-state index in [-0.39, 0.29) is 31.0 Å². The van der Waals surface area contributed by atoms with Crippen LogP contribution in [-0.2, 0) is 46.6 Å². The lowest BCUT2D eigenvalue weighted by atomic mass is 9.90. The predicted molar refractivity (Wildman–Crippen MR) is 231 cm³/mol. The fraction of sp³-hybridized carbons (Fsp3) is 0.837. The lowest BCUT2D eigenvalue weighted by molar-refractivity contribution is -0.161. The molecule has 0 aromatic heterocycles. The van der Waals surface area contributed by atoms with Crippen molar-refractivity contribution in [3.05, 3.63) is 24.3 Å². The van der Waals surface area contributed by atoms with Crippen LogP contribution in [0, 0.1) is 17.8 Å². The molecule has 0 bridgehead atoms. The van der Waals surface area contributed by atoms with Crippen LogP contribution in [0.4, 0.5) is 0 Å². The minimum Gasteiger partial charge on any atom is -0.462 e. The number of hydrogen-bond acceptors (Lipinski definition) is 13. The SMILES string of the molecule is CCCCC[C@H](O)/C=C/[C@H]1[C@H](O)CC(=O)[C@@H]1C/C=C\CCCC(=O)OC[C@H](COP(=O)(O)OC[C@@H](O)COP(=O)(O)O)OC(=O)CCCCCCCCCCCCCC(C)C. The van der Waals surface area contributed by atoms with Crippen LogP contribution < -0.4 is 0 Å². The van der Waals surface area contributed by atoms with Crippen molar-refractivity contribution >= 4 is 33.4 Å². The molecule has 0 amide bonds. The van der Waals surface area contributed by atoms with Crippen LogP contribution in [0.1, 0.15) is 162 Å². The number of carbonyl (C=O) groups is 3. The Labute approximate surface area is 364 Å². The van der Waals surface area contributed by atoms with Crippen molar-refractivity contribution in [1.29, 1.82) is 0 Å². The zero-order valence-corrected chi connectivity index (χ0v) is 38.7. The number of hydrogen-bond donors (Lipinski definition) is 6. The first kappa shape index (κ1) is 57.2. The number of unbranched alkanes of at least 4 members (excludes halogenated alkanes) is 13. The maximum atomic E-state index is 12.7. The Hall–Kier alpha value is -1.81. The van der Waals surface area contributed by atoms with Crippen molar-refractivity contribution in [2.45, 2.75) is 186 Å². The van der Waals surface area contributed by atoms with Crippen LogP contribution in [-0.4, -0.2) is 98.6 Å². The minimum absolute atomic E-state index is 0.00267. The molecule has 1 fully saturated rings. The number of ether oxygens (including phenoxy) is 2. The Morgan fingerprint density at radius 2 is 1.31 bits per heavy atom. The average molecular weight is 913 g/mol. The molecule has 1 unspecified atom stereocenters. The van der Waals surface area contributed by atoms with Gasteiger partial charge in [-0.25, -0.2) is 9.13 Å². The van der Waals surface area contributed by atoms with E-state index in [1.807, 2.05) is 12.2 Å². The Kier molecular flexibility index (Phi) is 31.6. The van der Waals surface area contributed by atoms with Gasteiger partial charge in [-0.2, -0.15) is 0 Å². The second-order valence-electron chi connectivity index (χ2n) is 16.6. The second kappa shape index (κ2) is 33.7. The summed E-state index contributed by atoms with van der Waals surface area (Å²) in [6, 6.07) is 0. The molecule has 6 N–H and O–H groups in total. The van der Waals surface area contributed by atoms with E-state index in [1.165, 1.54) is 44.9 Å². The van der Waals surface area contributed by atoms with Crippen LogP contribution in [0.3, 0.4) is 0 Å². The van der Waals surface area contributed by atoms with Crippen LogP contribution in [0.5, 0.6) is 0 Å². The molecule has 0 aromatic rings. The Morgan fingerprint density at radius 3 is 1.93 bits per heavy atom. The highest BCUT2D eigenvalue weighted by atomic mass is 31.2. The van der Waals surface area contributed by atoms with Crippen LogP contribution in [0.15, 0.2) is 24.3 Å². The quantitative estimate of drug-likeness (QED) is 0.0149. The number of aliphatic hydroxyl groups is 3. The fourth-order valence-corrected chi connectivity index (χ4v) is 8.02. The third kappa shape index (κ3) is 31.6. The van der Waals surface area contributed by atoms with Gasteiger partial charge in [0.1, 0.15) is 18.5 Å². The molecule has 16 nitrogen and oxygen atoms in total. The summed E-state index contributed by atoms with van der Waals surface area (Å²) in [6.07, 6.45) is 21.2. The molecule has 18 heteroatoms. The molecular weight excluding hydrogens is 834 g/mol. The maximum Gasteiger partial charge on any atom is 0.472 e. The van der Waals surface area contributed by atoms with Gasteiger partial charge in [-0.15, -0.1) is 0 Å². The van der Waals surface area contributed by atoms with Gasteiger partial charge in [0.25, 0.3) is 0 Å². The van der Waals surface area contributed by atoms with Crippen molar-refractivity contribution in [2.24, 2.45) is 17.8 Å². The molecule has 0 spiro atoms. The van der Waals surface area contributed by atoms with Crippen LogP contribution in [0.2, 0.25) is 0 Å². The van der Waals surface area contributed by atoms with E-state index < -0.39 is 84.3 Å². The van der Waals surface area contributed by atoms with Crippen molar-refractivity contribution in [2.75, 3.05) is 26.4 Å². The number of aliphatic hydroxyl groups excluding tert-OH is 3. The van der Waals surface area contributed by atoms with Crippen molar-refractivity contribution in [1.82, 2.24) is 0 Å². The predicted octanol–water partition coefficient (Wildman–Crippen LogP) is 7.95. The number of allylic oxidation sites excluding steroid dienone is 2. The summed E-state index contributed by atoms with van der Waals surface area (Å²) in [7, 11) is -9.76. The zero-order chi connectivity index (χ0) is 45.5. The van der Waals surface area contributed by atoms with Gasteiger partial charge in [-0.3, -0.25) is 28.0 Å². The van der Waals surface area contributed by atoms with Crippen LogP contribution in [0.25, 0.3) is 0 Å². The first-order chi connectivity index (χ1) is 28.9. The first-order valence-electron chi connectivity index (χ1n) is 22.5.